The third-order valence-corrected chi connectivity index (χ3v) is 3.37. The van der Waals surface area contributed by atoms with E-state index in [1.807, 2.05) is 6.92 Å². The van der Waals surface area contributed by atoms with Crippen LogP contribution in [0, 0.1) is 11.6 Å². The number of hydrogen-bond donors (Lipinski definition) is 2. The van der Waals surface area contributed by atoms with Crippen molar-refractivity contribution in [2.75, 3.05) is 5.32 Å². The zero-order valence-electron chi connectivity index (χ0n) is 11.0. The number of aromatic carboxylic acids is 1. The van der Waals surface area contributed by atoms with Crippen LogP contribution in [0.4, 0.5) is 20.3 Å². The van der Waals surface area contributed by atoms with Crippen molar-refractivity contribution in [3.05, 3.63) is 51.6 Å². The number of carboxylic acid groups (broad SMARTS) is 1. The summed E-state index contributed by atoms with van der Waals surface area (Å²) in [6, 6.07) is 4.66. The van der Waals surface area contributed by atoms with Gasteiger partial charge in [-0.25, -0.2) is 18.6 Å². The topological polar surface area (TPSA) is 62.2 Å². The van der Waals surface area contributed by atoms with Gasteiger partial charge in [0.25, 0.3) is 0 Å². The third-order valence-electron chi connectivity index (χ3n) is 2.76. The molecule has 21 heavy (non-hydrogen) atoms. The van der Waals surface area contributed by atoms with Gasteiger partial charge in [0.05, 0.1) is 15.7 Å². The van der Waals surface area contributed by atoms with E-state index in [9.17, 15) is 13.6 Å². The smallest absolute Gasteiger partial charge is 0.335 e. The molecule has 7 heteroatoms. The summed E-state index contributed by atoms with van der Waals surface area (Å²) in [5.41, 5.74) is 0.450. The number of nitrogens with one attached hydrogen (secondary N) is 1. The number of rotatable bonds is 4. The van der Waals surface area contributed by atoms with E-state index in [1.165, 1.54) is 12.1 Å². The maximum absolute atomic E-state index is 13.8. The molecule has 2 N–H and O–H groups in total. The zero-order valence-corrected chi connectivity index (χ0v) is 12.5. The molecular weight excluding hydrogens is 346 g/mol. The highest BCUT2D eigenvalue weighted by Crippen LogP contribution is 2.26. The second-order valence-corrected chi connectivity index (χ2v) is 5.12. The van der Waals surface area contributed by atoms with Crippen molar-refractivity contribution in [2.45, 2.75) is 13.3 Å². The summed E-state index contributed by atoms with van der Waals surface area (Å²) in [7, 11) is 0. The summed E-state index contributed by atoms with van der Waals surface area (Å²) >= 11 is 2.88. The van der Waals surface area contributed by atoms with Crippen molar-refractivity contribution in [1.82, 2.24) is 4.98 Å². The number of nitrogens with zero attached hydrogens (tertiary/aromatic N) is 1. The van der Waals surface area contributed by atoms with Crippen LogP contribution in [0.5, 0.6) is 0 Å². The van der Waals surface area contributed by atoms with Gasteiger partial charge in [-0.2, -0.15) is 0 Å². The van der Waals surface area contributed by atoms with E-state index in [1.54, 1.807) is 0 Å². The molecule has 0 aliphatic rings. The Morgan fingerprint density at radius 1 is 1.29 bits per heavy atom. The van der Waals surface area contributed by atoms with Crippen molar-refractivity contribution in [3.63, 3.8) is 0 Å². The summed E-state index contributed by atoms with van der Waals surface area (Å²) < 4.78 is 27.2. The lowest BCUT2D eigenvalue weighted by atomic mass is 10.2. The van der Waals surface area contributed by atoms with Gasteiger partial charge in [0.2, 0.25) is 0 Å². The summed E-state index contributed by atoms with van der Waals surface area (Å²) in [6.07, 6.45) is 0.521. The summed E-state index contributed by atoms with van der Waals surface area (Å²) in [6.45, 7) is 1.82. The molecule has 1 heterocycles. The maximum atomic E-state index is 13.8. The summed E-state index contributed by atoms with van der Waals surface area (Å²) in [4.78, 5) is 15.2. The van der Waals surface area contributed by atoms with Gasteiger partial charge in [-0.05, 0) is 40.5 Å². The van der Waals surface area contributed by atoms with Crippen molar-refractivity contribution in [3.8, 4) is 0 Å². The predicted octanol–water partition coefficient (Wildman–Crippen LogP) is 4.13. The highest BCUT2D eigenvalue weighted by molar-refractivity contribution is 9.10. The number of halogens is 3. The molecule has 0 aliphatic carbocycles. The highest BCUT2D eigenvalue weighted by Gasteiger charge is 2.12. The quantitative estimate of drug-likeness (QED) is 0.808. The molecule has 0 atom stereocenters. The lowest BCUT2D eigenvalue weighted by molar-refractivity contribution is 0.0696. The van der Waals surface area contributed by atoms with E-state index in [0.717, 1.165) is 12.1 Å². The number of carboxylic acids is 1. The number of hydrogen-bond acceptors (Lipinski definition) is 3. The first kappa shape index (κ1) is 15.4. The Hall–Kier alpha value is -2.02. The van der Waals surface area contributed by atoms with Crippen LogP contribution in [0.1, 0.15) is 23.0 Å². The molecule has 0 spiro atoms. The lowest BCUT2D eigenvalue weighted by Crippen LogP contribution is -2.04. The number of aryl methyl sites for hydroxylation is 1. The molecule has 4 nitrogen and oxygen atoms in total. The summed E-state index contributed by atoms with van der Waals surface area (Å²) in [5.74, 6) is -2.28. The molecule has 0 saturated heterocycles. The van der Waals surface area contributed by atoms with Gasteiger partial charge in [-0.3, -0.25) is 0 Å². The van der Waals surface area contributed by atoms with Gasteiger partial charge in [-0.1, -0.05) is 6.92 Å². The average molecular weight is 357 g/mol. The van der Waals surface area contributed by atoms with Crippen molar-refractivity contribution < 1.29 is 18.7 Å². The number of aromatic nitrogens is 1. The Morgan fingerprint density at radius 3 is 2.62 bits per heavy atom. The van der Waals surface area contributed by atoms with Crippen LogP contribution in [0.25, 0.3) is 0 Å². The van der Waals surface area contributed by atoms with Gasteiger partial charge in [0, 0.05) is 11.8 Å². The molecule has 0 unspecified atom stereocenters. The SMILES string of the molecule is CCc1cc(C(=O)O)cc(Nc2cc(F)c(Br)cc2F)n1. The summed E-state index contributed by atoms with van der Waals surface area (Å²) in [5, 5.41) is 11.6. The van der Waals surface area contributed by atoms with Crippen molar-refractivity contribution in [2.24, 2.45) is 0 Å². The Kier molecular flexibility index (Phi) is 4.52. The monoisotopic (exact) mass is 356 g/mol. The van der Waals surface area contributed by atoms with Gasteiger partial charge < -0.3 is 10.4 Å². The zero-order chi connectivity index (χ0) is 15.6. The minimum absolute atomic E-state index is 0.00652. The third kappa shape index (κ3) is 3.55. The molecule has 0 fully saturated rings. The van der Waals surface area contributed by atoms with Gasteiger partial charge in [0.15, 0.2) is 0 Å². The average Bonchev–Trinajstić information content (AvgIpc) is 2.44. The van der Waals surface area contributed by atoms with Gasteiger partial charge in [-0.15, -0.1) is 0 Å². The standard InChI is InChI=1S/C14H11BrF2N2O2/c1-2-8-3-7(14(20)21)4-13(18-8)19-12-6-10(16)9(15)5-11(12)17/h3-6H,2H2,1H3,(H,18,19)(H,20,21). The van der Waals surface area contributed by atoms with Gasteiger partial charge in [0.1, 0.15) is 17.5 Å². The number of pyridine rings is 1. The fourth-order valence-electron chi connectivity index (χ4n) is 1.71. The minimum atomic E-state index is -1.11. The van der Waals surface area contributed by atoms with Crippen LogP contribution >= 0.6 is 15.9 Å². The van der Waals surface area contributed by atoms with E-state index in [4.69, 9.17) is 5.11 Å². The van der Waals surface area contributed by atoms with E-state index in [-0.39, 0.29) is 21.5 Å². The van der Waals surface area contributed by atoms with Crippen LogP contribution in [0.3, 0.4) is 0 Å². The van der Waals surface area contributed by atoms with Crippen LogP contribution in [0.15, 0.2) is 28.7 Å². The van der Waals surface area contributed by atoms with Crippen molar-refractivity contribution in [1.29, 1.82) is 0 Å². The Morgan fingerprint density at radius 2 is 2.00 bits per heavy atom. The highest BCUT2D eigenvalue weighted by atomic mass is 79.9. The molecule has 110 valence electrons. The molecule has 0 amide bonds. The largest absolute Gasteiger partial charge is 0.478 e. The molecule has 0 aliphatic heterocycles. The van der Waals surface area contributed by atoms with Crippen LogP contribution in [-0.4, -0.2) is 16.1 Å². The van der Waals surface area contributed by atoms with E-state index in [2.05, 4.69) is 26.2 Å². The Bertz CT molecular complexity index is 708. The molecule has 0 radical (unpaired) electrons. The fourth-order valence-corrected chi connectivity index (χ4v) is 2.03. The first-order valence-corrected chi connectivity index (χ1v) is 6.85. The molecule has 2 rings (SSSR count). The Balaban J connectivity index is 2.41. The van der Waals surface area contributed by atoms with Crippen LogP contribution in [-0.2, 0) is 6.42 Å². The normalized spacial score (nSPS) is 10.5. The van der Waals surface area contributed by atoms with Gasteiger partial charge >= 0.3 is 5.97 Å². The van der Waals surface area contributed by atoms with E-state index < -0.39 is 17.6 Å². The molecule has 2 aromatic rings. The molecule has 0 bridgehead atoms. The molecular formula is C14H11BrF2N2O2. The minimum Gasteiger partial charge on any atom is -0.478 e. The maximum Gasteiger partial charge on any atom is 0.335 e. The van der Waals surface area contributed by atoms with Crippen LogP contribution in [0.2, 0.25) is 0 Å². The molecule has 1 aromatic heterocycles. The fraction of sp³-hybridized carbons (Fsp3) is 0.143. The molecule has 1 aromatic carbocycles. The molecule has 0 saturated carbocycles. The van der Waals surface area contributed by atoms with Crippen molar-refractivity contribution >= 4 is 33.4 Å². The number of carbonyl (C=O) groups is 1. The number of anilines is 2. The first-order valence-electron chi connectivity index (χ1n) is 6.06. The van der Waals surface area contributed by atoms with E-state index in [0.29, 0.717) is 12.1 Å². The van der Waals surface area contributed by atoms with E-state index >= 15 is 0 Å². The Labute approximate surface area is 128 Å². The van der Waals surface area contributed by atoms with Crippen LogP contribution < -0.4 is 5.32 Å². The number of benzene rings is 1. The predicted molar refractivity (Wildman–Crippen MR) is 77.9 cm³/mol. The second kappa shape index (κ2) is 6.17. The second-order valence-electron chi connectivity index (χ2n) is 4.26. The lowest BCUT2D eigenvalue weighted by Gasteiger charge is -2.10. The first-order chi connectivity index (χ1) is 9.90.